The molecule has 0 bridgehead atoms. The Morgan fingerprint density at radius 1 is 1.56 bits per heavy atom. The number of hydrogen-bond acceptors (Lipinski definition) is 4. The second-order valence-corrected chi connectivity index (χ2v) is 4.57. The first kappa shape index (κ1) is 14.4. The van der Waals surface area contributed by atoms with Gasteiger partial charge in [0, 0.05) is 25.9 Å². The quantitative estimate of drug-likeness (QED) is 0.612. The summed E-state index contributed by atoms with van der Waals surface area (Å²) >= 11 is 0. The van der Waals surface area contributed by atoms with Gasteiger partial charge in [0.1, 0.15) is 5.84 Å². The average Bonchev–Trinajstić information content (AvgIpc) is 2.26. The maximum Gasteiger partial charge on any atom is 0.126 e. The lowest BCUT2D eigenvalue weighted by molar-refractivity contribution is 0.183. The Balaban J connectivity index is 3.25. The van der Waals surface area contributed by atoms with Crippen molar-refractivity contribution in [2.75, 3.05) is 25.7 Å². The second-order valence-electron chi connectivity index (χ2n) is 4.57. The molecule has 0 spiro atoms. The van der Waals surface area contributed by atoms with Crippen LogP contribution in [0.3, 0.4) is 0 Å². The lowest BCUT2D eigenvalue weighted by Crippen LogP contribution is -2.34. The summed E-state index contributed by atoms with van der Waals surface area (Å²) < 4.78 is 5.16. The molecule has 0 saturated carbocycles. The maximum absolute atomic E-state index is 7.70. The molecule has 0 aliphatic rings. The van der Waals surface area contributed by atoms with E-state index >= 15 is 0 Å². The van der Waals surface area contributed by atoms with Crippen LogP contribution in [-0.2, 0) is 4.74 Å². The van der Waals surface area contributed by atoms with Gasteiger partial charge in [-0.2, -0.15) is 0 Å². The molecule has 0 aliphatic heterocycles. The zero-order valence-corrected chi connectivity index (χ0v) is 11.7. The minimum Gasteiger partial charge on any atom is -0.384 e. The molecule has 1 heterocycles. The minimum absolute atomic E-state index is 0.0477. The van der Waals surface area contributed by atoms with Gasteiger partial charge in [-0.25, -0.2) is 0 Å². The molecule has 0 fully saturated rings. The number of rotatable bonds is 5. The number of nitrogens with two attached hydrogens (primary N) is 1. The van der Waals surface area contributed by atoms with Crippen LogP contribution in [0.25, 0.3) is 0 Å². The monoisotopic (exact) mass is 250 g/mol. The van der Waals surface area contributed by atoms with Crippen molar-refractivity contribution in [1.82, 2.24) is 4.98 Å². The van der Waals surface area contributed by atoms with Gasteiger partial charge >= 0.3 is 0 Å². The highest BCUT2D eigenvalue weighted by atomic mass is 16.5. The van der Waals surface area contributed by atoms with Crippen LogP contribution < -0.4 is 10.6 Å². The van der Waals surface area contributed by atoms with Crippen molar-refractivity contribution >= 4 is 11.5 Å². The third-order valence-electron chi connectivity index (χ3n) is 3.03. The van der Waals surface area contributed by atoms with Crippen molar-refractivity contribution in [3.8, 4) is 0 Å². The van der Waals surface area contributed by atoms with E-state index in [2.05, 4.69) is 16.8 Å². The summed E-state index contributed by atoms with van der Waals surface area (Å²) in [6.45, 7) is 6.50. The number of ether oxygens (including phenoxy) is 1. The molecule has 0 aliphatic carbocycles. The molecule has 1 aromatic rings. The number of aryl methyl sites for hydroxylation is 2. The third-order valence-corrected chi connectivity index (χ3v) is 3.03. The Morgan fingerprint density at radius 2 is 2.17 bits per heavy atom. The average molecular weight is 250 g/mol. The fourth-order valence-electron chi connectivity index (χ4n) is 2.01. The van der Waals surface area contributed by atoms with E-state index in [0.717, 1.165) is 17.1 Å². The van der Waals surface area contributed by atoms with E-state index in [1.807, 2.05) is 27.0 Å². The molecule has 1 rings (SSSR count). The van der Waals surface area contributed by atoms with Crippen LogP contribution in [0.5, 0.6) is 0 Å². The highest BCUT2D eigenvalue weighted by Crippen LogP contribution is 2.24. The molecule has 0 amide bonds. The number of anilines is 1. The Hall–Kier alpha value is -1.62. The van der Waals surface area contributed by atoms with E-state index in [1.54, 1.807) is 7.11 Å². The summed E-state index contributed by atoms with van der Waals surface area (Å²) in [4.78, 5) is 6.44. The smallest absolute Gasteiger partial charge is 0.126 e. The predicted octanol–water partition coefficient (Wildman–Crippen LogP) is 1.45. The Kier molecular flexibility index (Phi) is 4.67. The van der Waals surface area contributed by atoms with E-state index in [4.69, 9.17) is 15.9 Å². The molecule has 1 aromatic heterocycles. The summed E-state index contributed by atoms with van der Waals surface area (Å²) in [7, 11) is 3.66. The van der Waals surface area contributed by atoms with Gasteiger partial charge < -0.3 is 15.4 Å². The number of nitrogens with zero attached hydrogens (tertiary/aromatic N) is 2. The van der Waals surface area contributed by atoms with E-state index in [0.29, 0.717) is 12.2 Å². The van der Waals surface area contributed by atoms with E-state index in [1.165, 1.54) is 0 Å². The van der Waals surface area contributed by atoms with Crippen LogP contribution in [0.2, 0.25) is 0 Å². The molecule has 0 aromatic carbocycles. The van der Waals surface area contributed by atoms with Crippen molar-refractivity contribution in [1.29, 1.82) is 5.41 Å². The summed E-state index contributed by atoms with van der Waals surface area (Å²) in [6, 6.07) is 2.16. The zero-order valence-electron chi connectivity index (χ0n) is 11.7. The topological polar surface area (TPSA) is 75.2 Å². The Labute approximate surface area is 108 Å². The molecule has 1 atom stereocenters. The normalized spacial score (nSPS) is 12.3. The first-order valence-electron chi connectivity index (χ1n) is 5.92. The number of likely N-dealkylation sites (N-methyl/N-ethyl adjacent to an activating group) is 1. The maximum atomic E-state index is 7.70. The molecule has 0 radical (unpaired) electrons. The summed E-state index contributed by atoms with van der Waals surface area (Å²) in [6.07, 6.45) is 0. The van der Waals surface area contributed by atoms with Crippen molar-refractivity contribution in [3.05, 3.63) is 23.0 Å². The Morgan fingerprint density at radius 3 is 2.67 bits per heavy atom. The summed E-state index contributed by atoms with van der Waals surface area (Å²) in [5.41, 5.74) is 9.00. The number of methoxy groups -OCH3 is 1. The number of amidine groups is 1. The standard InChI is InChI=1S/C13H22N4O/c1-8-6-11(17(4)9(2)7-18-5)12(13(14)15)10(3)16-8/h6,9H,7H2,1-5H3,(H3,14,15). The number of pyridine rings is 1. The van der Waals surface area contributed by atoms with E-state index < -0.39 is 0 Å². The molecule has 3 N–H and O–H groups in total. The highest BCUT2D eigenvalue weighted by Gasteiger charge is 2.18. The van der Waals surface area contributed by atoms with Gasteiger partial charge in [0.2, 0.25) is 0 Å². The number of aromatic nitrogens is 1. The lowest BCUT2D eigenvalue weighted by Gasteiger charge is -2.29. The van der Waals surface area contributed by atoms with Gasteiger partial charge in [-0.3, -0.25) is 10.4 Å². The van der Waals surface area contributed by atoms with Gasteiger partial charge in [-0.1, -0.05) is 0 Å². The SMILES string of the molecule is COCC(C)N(C)c1cc(C)nc(C)c1C(=N)N. The van der Waals surface area contributed by atoms with Crippen LogP contribution in [0.4, 0.5) is 5.69 Å². The van der Waals surface area contributed by atoms with E-state index in [9.17, 15) is 0 Å². The van der Waals surface area contributed by atoms with Crippen LogP contribution in [0.15, 0.2) is 6.07 Å². The second kappa shape index (κ2) is 5.82. The lowest BCUT2D eigenvalue weighted by atomic mass is 10.1. The van der Waals surface area contributed by atoms with Crippen LogP contribution in [-0.4, -0.2) is 37.6 Å². The van der Waals surface area contributed by atoms with Crippen molar-refractivity contribution in [2.45, 2.75) is 26.8 Å². The largest absolute Gasteiger partial charge is 0.384 e. The van der Waals surface area contributed by atoms with Crippen LogP contribution in [0, 0.1) is 19.3 Å². The van der Waals surface area contributed by atoms with Crippen LogP contribution >= 0.6 is 0 Å². The number of hydrogen-bond donors (Lipinski definition) is 2. The van der Waals surface area contributed by atoms with Gasteiger partial charge in [0.15, 0.2) is 0 Å². The molecule has 18 heavy (non-hydrogen) atoms. The van der Waals surface area contributed by atoms with Gasteiger partial charge in [0.25, 0.3) is 0 Å². The van der Waals surface area contributed by atoms with Crippen molar-refractivity contribution in [3.63, 3.8) is 0 Å². The van der Waals surface area contributed by atoms with Gasteiger partial charge in [0.05, 0.1) is 23.6 Å². The molecule has 0 saturated heterocycles. The molecule has 100 valence electrons. The minimum atomic E-state index is 0.0477. The first-order valence-corrected chi connectivity index (χ1v) is 5.92. The highest BCUT2D eigenvalue weighted by molar-refractivity contribution is 6.01. The van der Waals surface area contributed by atoms with Crippen molar-refractivity contribution in [2.24, 2.45) is 5.73 Å². The van der Waals surface area contributed by atoms with Gasteiger partial charge in [-0.05, 0) is 26.8 Å². The number of nitrogen functional groups attached to an aromatic ring is 1. The van der Waals surface area contributed by atoms with Gasteiger partial charge in [-0.15, -0.1) is 0 Å². The zero-order chi connectivity index (χ0) is 13.9. The fourth-order valence-corrected chi connectivity index (χ4v) is 2.01. The summed E-state index contributed by atoms with van der Waals surface area (Å²) in [5.74, 6) is 0.0477. The molecule has 1 unspecified atom stereocenters. The Bertz CT molecular complexity index is 445. The first-order chi connectivity index (χ1) is 8.38. The third kappa shape index (κ3) is 2.98. The summed E-state index contributed by atoms with van der Waals surface area (Å²) in [5, 5.41) is 7.70. The molecular weight excluding hydrogens is 228 g/mol. The molecule has 5 nitrogen and oxygen atoms in total. The van der Waals surface area contributed by atoms with Crippen LogP contribution in [0.1, 0.15) is 23.9 Å². The molecule has 5 heteroatoms. The predicted molar refractivity (Wildman–Crippen MR) is 74.5 cm³/mol. The molecular formula is C13H22N4O. The van der Waals surface area contributed by atoms with E-state index in [-0.39, 0.29) is 11.9 Å². The number of nitrogens with one attached hydrogen (secondary N) is 1. The van der Waals surface area contributed by atoms with Crippen molar-refractivity contribution < 1.29 is 4.74 Å². The fraction of sp³-hybridized carbons (Fsp3) is 0.538.